The molecule has 0 fully saturated rings. The predicted octanol–water partition coefficient (Wildman–Crippen LogP) is 7.79. The first kappa shape index (κ1) is 20.1. The molecule has 6 aromatic rings. The monoisotopic (exact) mass is 436 g/mol. The van der Waals surface area contributed by atoms with Crippen molar-refractivity contribution < 1.29 is 27.6 Å². The Balaban J connectivity index is 0.000000150. The molecule has 0 bridgehead atoms. The second-order valence-electron chi connectivity index (χ2n) is 6.46. The molecule has 0 saturated carbocycles. The molecule has 0 aromatic heterocycles. The molecule has 0 nitrogen and oxygen atoms in total. The van der Waals surface area contributed by atoms with Gasteiger partial charge in [0.2, 0.25) is 0 Å². The van der Waals surface area contributed by atoms with Crippen molar-refractivity contribution in [2.24, 2.45) is 0 Å². The van der Waals surface area contributed by atoms with Crippen molar-refractivity contribution in [2.45, 2.75) is 0 Å². The molecule has 0 amide bonds. The van der Waals surface area contributed by atoms with Gasteiger partial charge in [0.05, 0.1) is 0 Å². The van der Waals surface area contributed by atoms with Gasteiger partial charge >= 0.3 is 26.2 Å². The Morgan fingerprint density at radius 1 is 0.393 bits per heavy atom. The van der Waals surface area contributed by atoms with Crippen molar-refractivity contribution in [1.29, 1.82) is 0 Å². The Morgan fingerprint density at radius 3 is 0.964 bits per heavy atom. The first-order chi connectivity index (χ1) is 13.4. The fraction of sp³-hybridized carbons (Fsp3) is 0. The van der Waals surface area contributed by atoms with Crippen molar-refractivity contribution in [3.63, 3.8) is 0 Å². The number of fused-ring (bicyclic) bond motifs is 3. The smallest absolute Gasteiger partial charge is 1.00 e. The van der Waals surface area contributed by atoms with Crippen LogP contribution in [0.1, 0.15) is 1.43 Å². The standard InChI is InChI=1S/3C9H7.Zr.H/c3*1-2-5-9-7-3-6-8(9)4-1;;/h3*1-7H;;/q3*-1;+4;-1. The normalized spacial score (nSPS) is 9.86. The van der Waals surface area contributed by atoms with Gasteiger partial charge in [0.15, 0.2) is 0 Å². The summed E-state index contributed by atoms with van der Waals surface area (Å²) in [7, 11) is 0. The van der Waals surface area contributed by atoms with Gasteiger partial charge in [0, 0.05) is 0 Å². The molecule has 0 unspecified atom stereocenters. The maximum absolute atomic E-state index is 2.12. The summed E-state index contributed by atoms with van der Waals surface area (Å²) < 4.78 is 0. The van der Waals surface area contributed by atoms with Crippen LogP contribution in [0.2, 0.25) is 0 Å². The molecular formula is C27H22Zr. The van der Waals surface area contributed by atoms with Crippen molar-refractivity contribution in [2.75, 3.05) is 0 Å². The average molecular weight is 438 g/mol. The van der Waals surface area contributed by atoms with Crippen molar-refractivity contribution in [1.82, 2.24) is 0 Å². The Morgan fingerprint density at radius 2 is 0.679 bits per heavy atom. The van der Waals surface area contributed by atoms with E-state index in [4.69, 9.17) is 0 Å². The minimum Gasteiger partial charge on any atom is -1.00 e. The van der Waals surface area contributed by atoms with E-state index in [9.17, 15) is 0 Å². The molecule has 0 aliphatic rings. The van der Waals surface area contributed by atoms with E-state index in [-0.39, 0.29) is 27.6 Å². The Kier molecular flexibility index (Phi) is 7.23. The third-order valence-electron chi connectivity index (χ3n) is 4.64. The van der Waals surface area contributed by atoms with Gasteiger partial charge in [-0.25, -0.2) is 0 Å². The number of hydrogen-bond acceptors (Lipinski definition) is 0. The van der Waals surface area contributed by atoms with E-state index in [1.807, 2.05) is 0 Å². The summed E-state index contributed by atoms with van der Waals surface area (Å²) in [5, 5.41) is 7.99. The largest absolute Gasteiger partial charge is 4.00 e. The van der Waals surface area contributed by atoms with Gasteiger partial charge < -0.3 is 1.43 Å². The molecule has 28 heavy (non-hydrogen) atoms. The average Bonchev–Trinajstić information content (AvgIpc) is 3.48. The molecule has 6 aromatic carbocycles. The second kappa shape index (κ2) is 10.1. The molecule has 0 spiro atoms. The zero-order valence-electron chi connectivity index (χ0n) is 16.6. The third-order valence-corrected chi connectivity index (χ3v) is 4.64. The van der Waals surface area contributed by atoms with Gasteiger partial charge in [-0.3, -0.25) is 0 Å². The van der Waals surface area contributed by atoms with Crippen LogP contribution in [-0.4, -0.2) is 0 Å². The minimum atomic E-state index is 0. The fourth-order valence-electron chi connectivity index (χ4n) is 3.21. The summed E-state index contributed by atoms with van der Waals surface area (Å²) in [6, 6.07) is 44.0. The van der Waals surface area contributed by atoms with Crippen LogP contribution in [0.5, 0.6) is 0 Å². The van der Waals surface area contributed by atoms with Gasteiger partial charge in [0.1, 0.15) is 0 Å². The Bertz CT molecular complexity index is 991. The van der Waals surface area contributed by atoms with E-state index in [0.29, 0.717) is 0 Å². The van der Waals surface area contributed by atoms with Crippen LogP contribution >= 0.6 is 0 Å². The molecule has 0 aliphatic carbocycles. The van der Waals surface area contributed by atoms with Crippen LogP contribution in [0.15, 0.2) is 127 Å². The summed E-state index contributed by atoms with van der Waals surface area (Å²) in [6.07, 6.45) is 0. The molecule has 0 atom stereocenters. The summed E-state index contributed by atoms with van der Waals surface area (Å²) in [4.78, 5) is 0. The summed E-state index contributed by atoms with van der Waals surface area (Å²) in [5.41, 5.74) is 0. The number of benzene rings is 3. The van der Waals surface area contributed by atoms with Gasteiger partial charge in [-0.15, -0.1) is 89.0 Å². The number of rotatable bonds is 0. The fourth-order valence-corrected chi connectivity index (χ4v) is 3.21. The molecule has 134 valence electrons. The topological polar surface area (TPSA) is 0 Å². The Labute approximate surface area is 186 Å². The first-order valence-corrected chi connectivity index (χ1v) is 9.21. The summed E-state index contributed by atoms with van der Waals surface area (Å²) in [6.45, 7) is 0. The molecule has 6 rings (SSSR count). The summed E-state index contributed by atoms with van der Waals surface area (Å²) in [5.74, 6) is 0. The first-order valence-electron chi connectivity index (χ1n) is 9.21. The molecule has 1 heteroatoms. The van der Waals surface area contributed by atoms with Crippen LogP contribution in [0.3, 0.4) is 0 Å². The van der Waals surface area contributed by atoms with Gasteiger partial charge in [-0.1, -0.05) is 18.2 Å². The van der Waals surface area contributed by atoms with E-state index >= 15 is 0 Å². The second-order valence-corrected chi connectivity index (χ2v) is 6.46. The van der Waals surface area contributed by atoms with Crippen molar-refractivity contribution in [3.8, 4) is 0 Å². The van der Waals surface area contributed by atoms with Crippen LogP contribution in [0.4, 0.5) is 0 Å². The summed E-state index contributed by atoms with van der Waals surface area (Å²) >= 11 is 0. The van der Waals surface area contributed by atoms with Crippen molar-refractivity contribution in [3.05, 3.63) is 127 Å². The SMILES string of the molecule is [H-].[Zr+4].c1ccc2[cH-]ccc2c1.c1ccc2[cH-]ccc2c1.c1ccc2[cH-]ccc2c1. The van der Waals surface area contributed by atoms with Crippen LogP contribution in [-0.2, 0) is 26.2 Å². The van der Waals surface area contributed by atoms with E-state index in [2.05, 4.69) is 127 Å². The van der Waals surface area contributed by atoms with Gasteiger partial charge in [-0.2, -0.15) is 52.6 Å². The van der Waals surface area contributed by atoms with Crippen molar-refractivity contribution >= 4 is 32.3 Å². The minimum absolute atomic E-state index is 0. The maximum atomic E-state index is 2.12. The molecule has 0 N–H and O–H groups in total. The maximum Gasteiger partial charge on any atom is 4.00 e. The molecule has 0 aliphatic heterocycles. The van der Waals surface area contributed by atoms with Crippen LogP contribution in [0, 0.1) is 0 Å². The van der Waals surface area contributed by atoms with Crippen LogP contribution < -0.4 is 0 Å². The molecule has 0 radical (unpaired) electrons. The molecule has 0 heterocycles. The molecule has 0 saturated heterocycles. The van der Waals surface area contributed by atoms with E-state index in [1.54, 1.807) is 0 Å². The van der Waals surface area contributed by atoms with Gasteiger partial charge in [-0.05, 0) is 0 Å². The predicted molar refractivity (Wildman–Crippen MR) is 120 cm³/mol. The van der Waals surface area contributed by atoms with E-state index in [0.717, 1.165) is 0 Å². The molecular weight excluding hydrogens is 416 g/mol. The zero-order chi connectivity index (χ0) is 18.3. The van der Waals surface area contributed by atoms with Crippen LogP contribution in [0.25, 0.3) is 32.3 Å². The quantitative estimate of drug-likeness (QED) is 0.213. The van der Waals surface area contributed by atoms with E-state index in [1.165, 1.54) is 32.3 Å². The van der Waals surface area contributed by atoms with Gasteiger partial charge in [0.25, 0.3) is 0 Å². The number of hydrogen-bond donors (Lipinski definition) is 0. The van der Waals surface area contributed by atoms with E-state index < -0.39 is 0 Å². The third kappa shape index (κ3) is 5.00. The zero-order valence-corrected chi connectivity index (χ0v) is 18.1. The Hall–Kier alpha value is -2.63.